The van der Waals surface area contributed by atoms with E-state index < -0.39 is 0 Å². The zero-order chi connectivity index (χ0) is 8.10. The van der Waals surface area contributed by atoms with Crippen LogP contribution in [0.1, 0.15) is 5.56 Å². The summed E-state index contributed by atoms with van der Waals surface area (Å²) in [4.78, 5) is 3.93. The fourth-order valence-electron chi connectivity index (χ4n) is 0.855. The molecule has 0 saturated heterocycles. The molecule has 0 aliphatic heterocycles. The van der Waals surface area contributed by atoms with E-state index in [1.165, 1.54) is 5.56 Å². The minimum Gasteiger partial charge on any atom is -0.269 e. The maximum Gasteiger partial charge on any atom is 0.0270 e. The molecule has 0 fully saturated rings. The molecule has 0 amide bonds. The van der Waals surface area contributed by atoms with E-state index in [1.807, 2.05) is 19.2 Å². The summed E-state index contributed by atoms with van der Waals surface area (Å²) in [7, 11) is 1.86. The topological polar surface area (TPSA) is 42.1 Å². The van der Waals surface area contributed by atoms with Crippen LogP contribution < -0.4 is 5.84 Å². The SMILES string of the molecule is CN(N)CCc1ccncc1. The second-order valence-electron chi connectivity index (χ2n) is 2.59. The summed E-state index contributed by atoms with van der Waals surface area (Å²) < 4.78 is 0. The first-order chi connectivity index (χ1) is 5.29. The van der Waals surface area contributed by atoms with Crippen LogP contribution in [-0.4, -0.2) is 23.6 Å². The Labute approximate surface area is 66.8 Å². The summed E-state index contributed by atoms with van der Waals surface area (Å²) in [5, 5.41) is 1.68. The molecular formula is C8H13N3. The third-order valence-electron chi connectivity index (χ3n) is 1.50. The average molecular weight is 151 g/mol. The van der Waals surface area contributed by atoms with Crippen molar-refractivity contribution < 1.29 is 0 Å². The van der Waals surface area contributed by atoms with E-state index in [4.69, 9.17) is 5.84 Å². The molecule has 1 heterocycles. The van der Waals surface area contributed by atoms with Crippen LogP contribution in [0.3, 0.4) is 0 Å². The molecule has 11 heavy (non-hydrogen) atoms. The van der Waals surface area contributed by atoms with Crippen LogP contribution in [0.25, 0.3) is 0 Å². The lowest BCUT2D eigenvalue weighted by Gasteiger charge is -2.07. The van der Waals surface area contributed by atoms with Crippen molar-refractivity contribution >= 4 is 0 Å². The van der Waals surface area contributed by atoms with Gasteiger partial charge < -0.3 is 0 Å². The number of nitrogens with two attached hydrogens (primary N) is 1. The Morgan fingerprint density at radius 3 is 2.64 bits per heavy atom. The fourth-order valence-corrected chi connectivity index (χ4v) is 0.855. The Bertz CT molecular complexity index is 196. The Balaban J connectivity index is 2.39. The molecule has 3 heteroatoms. The van der Waals surface area contributed by atoms with Gasteiger partial charge in [-0.05, 0) is 24.1 Å². The molecule has 1 aromatic heterocycles. The minimum absolute atomic E-state index is 0.879. The summed E-state index contributed by atoms with van der Waals surface area (Å²) in [6.07, 6.45) is 4.58. The van der Waals surface area contributed by atoms with E-state index in [-0.39, 0.29) is 0 Å². The summed E-state index contributed by atoms with van der Waals surface area (Å²) >= 11 is 0. The van der Waals surface area contributed by atoms with Gasteiger partial charge in [0, 0.05) is 26.0 Å². The largest absolute Gasteiger partial charge is 0.269 e. The molecular weight excluding hydrogens is 138 g/mol. The first kappa shape index (κ1) is 8.17. The highest BCUT2D eigenvalue weighted by Gasteiger charge is 1.92. The van der Waals surface area contributed by atoms with Crippen molar-refractivity contribution in [2.75, 3.05) is 13.6 Å². The van der Waals surface area contributed by atoms with Crippen LogP contribution in [0, 0.1) is 0 Å². The number of hydrogen-bond acceptors (Lipinski definition) is 3. The molecule has 0 spiro atoms. The predicted molar refractivity (Wildman–Crippen MR) is 44.8 cm³/mol. The molecule has 0 bridgehead atoms. The molecule has 0 aromatic carbocycles. The van der Waals surface area contributed by atoms with Gasteiger partial charge in [-0.2, -0.15) is 0 Å². The molecule has 60 valence electrons. The lowest BCUT2D eigenvalue weighted by molar-refractivity contribution is 0.354. The maximum atomic E-state index is 5.46. The van der Waals surface area contributed by atoms with E-state index in [9.17, 15) is 0 Å². The first-order valence-corrected chi connectivity index (χ1v) is 3.64. The number of pyridine rings is 1. The van der Waals surface area contributed by atoms with Crippen LogP contribution in [0.2, 0.25) is 0 Å². The van der Waals surface area contributed by atoms with E-state index in [0.717, 1.165) is 13.0 Å². The number of hydrogen-bond donors (Lipinski definition) is 1. The Hall–Kier alpha value is -0.930. The van der Waals surface area contributed by atoms with Gasteiger partial charge in [0.2, 0.25) is 0 Å². The van der Waals surface area contributed by atoms with Crippen molar-refractivity contribution in [3.05, 3.63) is 30.1 Å². The van der Waals surface area contributed by atoms with Gasteiger partial charge in [0.15, 0.2) is 0 Å². The summed E-state index contributed by atoms with van der Waals surface area (Å²) in [6, 6.07) is 4.01. The van der Waals surface area contributed by atoms with Crippen molar-refractivity contribution in [1.82, 2.24) is 9.99 Å². The van der Waals surface area contributed by atoms with Gasteiger partial charge in [-0.25, -0.2) is 5.01 Å². The van der Waals surface area contributed by atoms with E-state index in [1.54, 1.807) is 17.4 Å². The number of nitrogens with zero attached hydrogens (tertiary/aromatic N) is 2. The molecule has 0 atom stereocenters. The summed E-state index contributed by atoms with van der Waals surface area (Å²) in [6.45, 7) is 0.879. The Morgan fingerprint density at radius 1 is 1.45 bits per heavy atom. The summed E-state index contributed by atoms with van der Waals surface area (Å²) in [5.74, 6) is 5.46. The highest BCUT2D eigenvalue weighted by molar-refractivity contribution is 5.09. The number of rotatable bonds is 3. The fraction of sp³-hybridized carbons (Fsp3) is 0.375. The standard InChI is InChI=1S/C8H13N3/c1-11(9)7-4-8-2-5-10-6-3-8/h2-3,5-6H,4,7,9H2,1H3. The minimum atomic E-state index is 0.879. The Morgan fingerprint density at radius 2 is 2.09 bits per heavy atom. The Kier molecular flexibility index (Phi) is 3.01. The smallest absolute Gasteiger partial charge is 0.0270 e. The summed E-state index contributed by atoms with van der Waals surface area (Å²) in [5.41, 5.74) is 1.28. The number of hydrazine groups is 1. The second-order valence-corrected chi connectivity index (χ2v) is 2.59. The van der Waals surface area contributed by atoms with Gasteiger partial charge >= 0.3 is 0 Å². The quantitative estimate of drug-likeness (QED) is 0.503. The predicted octanol–water partition coefficient (Wildman–Crippen LogP) is 0.430. The third kappa shape index (κ3) is 3.11. The normalized spacial score (nSPS) is 10.5. The molecule has 1 aromatic rings. The van der Waals surface area contributed by atoms with Crippen LogP contribution in [0.5, 0.6) is 0 Å². The van der Waals surface area contributed by atoms with Gasteiger partial charge in [-0.15, -0.1) is 0 Å². The molecule has 3 nitrogen and oxygen atoms in total. The van der Waals surface area contributed by atoms with E-state index in [2.05, 4.69) is 4.98 Å². The van der Waals surface area contributed by atoms with Gasteiger partial charge in [0.05, 0.1) is 0 Å². The number of aromatic nitrogens is 1. The van der Waals surface area contributed by atoms with Crippen molar-refractivity contribution in [3.8, 4) is 0 Å². The van der Waals surface area contributed by atoms with Gasteiger partial charge in [-0.1, -0.05) is 0 Å². The molecule has 0 unspecified atom stereocenters. The third-order valence-corrected chi connectivity index (χ3v) is 1.50. The van der Waals surface area contributed by atoms with Crippen molar-refractivity contribution in [3.63, 3.8) is 0 Å². The number of likely N-dealkylation sites (N-methyl/N-ethyl adjacent to an activating group) is 1. The molecule has 0 radical (unpaired) electrons. The van der Waals surface area contributed by atoms with Gasteiger partial charge in [0.1, 0.15) is 0 Å². The van der Waals surface area contributed by atoms with E-state index >= 15 is 0 Å². The van der Waals surface area contributed by atoms with Crippen molar-refractivity contribution in [1.29, 1.82) is 0 Å². The first-order valence-electron chi connectivity index (χ1n) is 3.64. The van der Waals surface area contributed by atoms with Crippen LogP contribution in [0.4, 0.5) is 0 Å². The molecule has 0 aliphatic carbocycles. The van der Waals surface area contributed by atoms with Gasteiger partial charge in [-0.3, -0.25) is 10.8 Å². The van der Waals surface area contributed by atoms with Crippen molar-refractivity contribution in [2.24, 2.45) is 5.84 Å². The highest BCUT2D eigenvalue weighted by Crippen LogP contribution is 1.96. The average Bonchev–Trinajstić information content (AvgIpc) is 2.03. The molecule has 0 saturated carbocycles. The van der Waals surface area contributed by atoms with Crippen LogP contribution in [-0.2, 0) is 6.42 Å². The maximum absolute atomic E-state index is 5.46. The zero-order valence-electron chi connectivity index (χ0n) is 6.70. The lowest BCUT2D eigenvalue weighted by Crippen LogP contribution is -2.28. The zero-order valence-corrected chi connectivity index (χ0v) is 6.70. The van der Waals surface area contributed by atoms with E-state index in [0.29, 0.717) is 0 Å². The highest BCUT2D eigenvalue weighted by atomic mass is 15.4. The molecule has 2 N–H and O–H groups in total. The van der Waals surface area contributed by atoms with Crippen LogP contribution >= 0.6 is 0 Å². The van der Waals surface area contributed by atoms with Crippen molar-refractivity contribution in [2.45, 2.75) is 6.42 Å². The monoisotopic (exact) mass is 151 g/mol. The van der Waals surface area contributed by atoms with Gasteiger partial charge in [0.25, 0.3) is 0 Å². The molecule has 0 aliphatic rings. The second kappa shape index (κ2) is 4.05. The lowest BCUT2D eigenvalue weighted by atomic mass is 10.2. The molecule has 1 rings (SSSR count). The van der Waals surface area contributed by atoms with Crippen LogP contribution in [0.15, 0.2) is 24.5 Å².